The van der Waals surface area contributed by atoms with E-state index in [4.69, 9.17) is 9.40 Å². The molecule has 0 bridgehead atoms. The number of amides is 1. The van der Waals surface area contributed by atoms with E-state index < -0.39 is 0 Å². The monoisotopic (exact) mass is 410 g/mol. The summed E-state index contributed by atoms with van der Waals surface area (Å²) in [5.74, 6) is 1.38. The van der Waals surface area contributed by atoms with E-state index in [1.54, 1.807) is 4.90 Å². The summed E-state index contributed by atoms with van der Waals surface area (Å²) in [4.78, 5) is 19.4. The van der Waals surface area contributed by atoms with Gasteiger partial charge in [0.15, 0.2) is 11.7 Å². The zero-order valence-electron chi connectivity index (χ0n) is 17.9. The Kier molecular flexibility index (Phi) is 6.27. The number of rotatable bonds is 7. The standard InChI is InChI=1S/C27H26N2O2/c1-20(21-12-6-3-7-13-21)29(2)25(30)19-18-24-28-26(22-14-8-4-9-15-22)27(31-24)23-16-10-5-11-17-23/h3-17,20H,18-19H2,1-2H3/t20-/m1/s1. The summed E-state index contributed by atoms with van der Waals surface area (Å²) in [6.45, 7) is 2.04. The Morgan fingerprint density at radius 2 is 1.42 bits per heavy atom. The largest absolute Gasteiger partial charge is 0.440 e. The normalized spacial score (nSPS) is 11.8. The molecule has 0 aliphatic carbocycles. The second kappa shape index (κ2) is 9.43. The zero-order valence-corrected chi connectivity index (χ0v) is 17.9. The van der Waals surface area contributed by atoms with E-state index >= 15 is 0 Å². The van der Waals surface area contributed by atoms with Crippen molar-refractivity contribution >= 4 is 5.91 Å². The Labute approximate surface area is 183 Å². The number of hydrogen-bond donors (Lipinski definition) is 0. The second-order valence-corrected chi connectivity index (χ2v) is 7.61. The molecule has 31 heavy (non-hydrogen) atoms. The minimum absolute atomic E-state index is 0.0121. The average molecular weight is 411 g/mol. The Bertz CT molecular complexity index is 1060. The summed E-state index contributed by atoms with van der Waals surface area (Å²) < 4.78 is 6.15. The molecule has 3 aromatic carbocycles. The van der Waals surface area contributed by atoms with E-state index in [9.17, 15) is 4.79 Å². The van der Waals surface area contributed by atoms with E-state index in [1.165, 1.54) is 0 Å². The molecule has 4 heteroatoms. The van der Waals surface area contributed by atoms with Gasteiger partial charge in [-0.25, -0.2) is 4.98 Å². The summed E-state index contributed by atoms with van der Waals surface area (Å²) in [6.07, 6.45) is 0.800. The summed E-state index contributed by atoms with van der Waals surface area (Å²) in [7, 11) is 1.85. The van der Waals surface area contributed by atoms with Crippen LogP contribution in [0, 0.1) is 0 Å². The van der Waals surface area contributed by atoms with Crippen molar-refractivity contribution in [1.82, 2.24) is 9.88 Å². The van der Waals surface area contributed by atoms with Crippen LogP contribution in [-0.2, 0) is 11.2 Å². The lowest BCUT2D eigenvalue weighted by Crippen LogP contribution is -2.29. The predicted octanol–water partition coefficient (Wildman–Crippen LogP) is 6.16. The fourth-order valence-corrected chi connectivity index (χ4v) is 3.61. The zero-order chi connectivity index (χ0) is 21.6. The molecule has 0 fully saturated rings. The van der Waals surface area contributed by atoms with Crippen molar-refractivity contribution in [3.63, 3.8) is 0 Å². The number of oxazole rings is 1. The molecule has 0 aliphatic heterocycles. The number of benzene rings is 3. The molecule has 0 unspecified atom stereocenters. The van der Waals surface area contributed by atoms with Crippen LogP contribution in [0.4, 0.5) is 0 Å². The molecule has 0 radical (unpaired) electrons. The predicted molar refractivity (Wildman–Crippen MR) is 123 cm³/mol. The maximum Gasteiger partial charge on any atom is 0.223 e. The second-order valence-electron chi connectivity index (χ2n) is 7.61. The number of carbonyl (C=O) groups excluding carboxylic acids is 1. The van der Waals surface area contributed by atoms with Crippen LogP contribution in [-0.4, -0.2) is 22.8 Å². The van der Waals surface area contributed by atoms with Gasteiger partial charge in [-0.2, -0.15) is 0 Å². The van der Waals surface area contributed by atoms with Crippen LogP contribution in [0.5, 0.6) is 0 Å². The van der Waals surface area contributed by atoms with Gasteiger partial charge in [-0.15, -0.1) is 0 Å². The van der Waals surface area contributed by atoms with Crippen LogP contribution in [0.1, 0.15) is 30.8 Å². The highest BCUT2D eigenvalue weighted by Gasteiger charge is 2.20. The molecule has 0 spiro atoms. The Balaban J connectivity index is 1.52. The van der Waals surface area contributed by atoms with Crippen LogP contribution in [0.15, 0.2) is 95.4 Å². The van der Waals surface area contributed by atoms with Gasteiger partial charge in [-0.3, -0.25) is 4.79 Å². The lowest BCUT2D eigenvalue weighted by atomic mass is 10.1. The van der Waals surface area contributed by atoms with Gasteiger partial charge >= 0.3 is 0 Å². The van der Waals surface area contributed by atoms with Crippen molar-refractivity contribution in [3.8, 4) is 22.6 Å². The molecule has 0 aliphatic rings. The molecule has 0 saturated heterocycles. The lowest BCUT2D eigenvalue weighted by molar-refractivity contribution is -0.131. The van der Waals surface area contributed by atoms with Crippen LogP contribution < -0.4 is 0 Å². The van der Waals surface area contributed by atoms with E-state index in [0.29, 0.717) is 18.7 Å². The smallest absolute Gasteiger partial charge is 0.223 e. The fraction of sp³-hybridized carbons (Fsp3) is 0.185. The van der Waals surface area contributed by atoms with Crippen LogP contribution >= 0.6 is 0 Å². The van der Waals surface area contributed by atoms with Gasteiger partial charge in [-0.1, -0.05) is 91.0 Å². The molecule has 1 atom stereocenters. The van der Waals surface area contributed by atoms with Gasteiger partial charge in [0.05, 0.1) is 6.04 Å². The molecular weight excluding hydrogens is 384 g/mol. The third kappa shape index (κ3) is 4.75. The average Bonchev–Trinajstić information content (AvgIpc) is 3.27. The van der Waals surface area contributed by atoms with E-state index in [0.717, 1.165) is 28.1 Å². The van der Waals surface area contributed by atoms with E-state index in [1.807, 2.05) is 105 Å². The van der Waals surface area contributed by atoms with Gasteiger partial charge in [0.1, 0.15) is 5.69 Å². The minimum Gasteiger partial charge on any atom is -0.440 e. The van der Waals surface area contributed by atoms with Gasteiger partial charge in [0.2, 0.25) is 5.91 Å². The third-order valence-corrected chi connectivity index (χ3v) is 5.56. The van der Waals surface area contributed by atoms with Crippen LogP contribution in [0.2, 0.25) is 0 Å². The van der Waals surface area contributed by atoms with Crippen molar-refractivity contribution < 1.29 is 9.21 Å². The van der Waals surface area contributed by atoms with Crippen molar-refractivity contribution in [3.05, 3.63) is 102 Å². The summed E-state index contributed by atoms with van der Waals surface area (Å²) in [6, 6.07) is 30.0. The highest BCUT2D eigenvalue weighted by molar-refractivity contribution is 5.78. The molecule has 4 aromatic rings. The Morgan fingerprint density at radius 3 is 2.03 bits per heavy atom. The molecule has 156 valence electrons. The van der Waals surface area contributed by atoms with Crippen molar-refractivity contribution in [2.75, 3.05) is 7.05 Å². The molecule has 0 N–H and O–H groups in total. The number of carbonyl (C=O) groups is 1. The first-order valence-electron chi connectivity index (χ1n) is 10.5. The highest BCUT2D eigenvalue weighted by atomic mass is 16.4. The van der Waals surface area contributed by atoms with Gasteiger partial charge in [0, 0.05) is 31.0 Å². The maximum atomic E-state index is 12.8. The number of hydrogen-bond acceptors (Lipinski definition) is 3. The summed E-state index contributed by atoms with van der Waals surface area (Å²) >= 11 is 0. The number of aryl methyl sites for hydroxylation is 1. The number of aromatic nitrogens is 1. The quantitative estimate of drug-likeness (QED) is 0.366. The van der Waals surface area contributed by atoms with Crippen molar-refractivity contribution in [1.29, 1.82) is 0 Å². The summed E-state index contributed by atoms with van der Waals surface area (Å²) in [5, 5.41) is 0. The van der Waals surface area contributed by atoms with Crippen molar-refractivity contribution in [2.45, 2.75) is 25.8 Å². The molecule has 1 aromatic heterocycles. The summed E-state index contributed by atoms with van der Waals surface area (Å²) in [5.41, 5.74) is 3.89. The first kappa shape index (κ1) is 20.6. The maximum absolute atomic E-state index is 12.8. The SMILES string of the molecule is C[C@H](c1ccccc1)N(C)C(=O)CCc1nc(-c2ccccc2)c(-c2ccccc2)o1. The first-order chi connectivity index (χ1) is 15.1. The Hall–Kier alpha value is -3.66. The number of nitrogens with zero attached hydrogens (tertiary/aromatic N) is 2. The van der Waals surface area contributed by atoms with E-state index in [2.05, 4.69) is 0 Å². The topological polar surface area (TPSA) is 46.3 Å². The first-order valence-corrected chi connectivity index (χ1v) is 10.5. The minimum atomic E-state index is 0.0121. The lowest BCUT2D eigenvalue weighted by Gasteiger charge is -2.25. The third-order valence-electron chi connectivity index (χ3n) is 5.56. The van der Waals surface area contributed by atoms with Gasteiger partial charge < -0.3 is 9.32 Å². The van der Waals surface area contributed by atoms with Crippen LogP contribution in [0.3, 0.4) is 0 Å². The molecule has 4 rings (SSSR count). The van der Waals surface area contributed by atoms with E-state index in [-0.39, 0.29) is 11.9 Å². The molecule has 1 amide bonds. The fourth-order valence-electron chi connectivity index (χ4n) is 3.61. The molecule has 1 heterocycles. The van der Waals surface area contributed by atoms with Gasteiger partial charge in [0.25, 0.3) is 0 Å². The highest BCUT2D eigenvalue weighted by Crippen LogP contribution is 2.33. The van der Waals surface area contributed by atoms with Crippen molar-refractivity contribution in [2.24, 2.45) is 0 Å². The Morgan fingerprint density at radius 1 is 0.871 bits per heavy atom. The molecule has 4 nitrogen and oxygen atoms in total. The van der Waals surface area contributed by atoms with Gasteiger partial charge in [-0.05, 0) is 12.5 Å². The molecule has 0 saturated carbocycles. The molecular formula is C27H26N2O2. The van der Waals surface area contributed by atoms with Crippen LogP contribution in [0.25, 0.3) is 22.6 Å².